The summed E-state index contributed by atoms with van der Waals surface area (Å²) in [5.41, 5.74) is 2.02. The summed E-state index contributed by atoms with van der Waals surface area (Å²) in [5.74, 6) is 2.56. The topological polar surface area (TPSA) is 58.1 Å². The number of aromatic nitrogens is 2. The fourth-order valence-corrected chi connectivity index (χ4v) is 3.67. The van der Waals surface area contributed by atoms with E-state index in [4.69, 9.17) is 0 Å². The number of hydrogen-bond donors (Lipinski definition) is 1. The van der Waals surface area contributed by atoms with Crippen molar-refractivity contribution in [1.82, 2.24) is 20.2 Å². The van der Waals surface area contributed by atoms with Crippen molar-refractivity contribution < 1.29 is 4.79 Å². The van der Waals surface area contributed by atoms with E-state index in [0.717, 1.165) is 36.8 Å². The predicted octanol–water partition coefficient (Wildman–Crippen LogP) is 2.03. The van der Waals surface area contributed by atoms with Gasteiger partial charge in [-0.05, 0) is 38.0 Å². The molecule has 6 heteroatoms. The van der Waals surface area contributed by atoms with Crippen LogP contribution >= 0.6 is 11.8 Å². The second-order valence-electron chi connectivity index (χ2n) is 6.78. The average molecular weight is 337 g/mol. The van der Waals surface area contributed by atoms with E-state index in [2.05, 4.69) is 34.0 Å². The summed E-state index contributed by atoms with van der Waals surface area (Å²) in [5, 5.41) is 3.21. The molecule has 2 atom stereocenters. The molecule has 1 aliphatic rings. The van der Waals surface area contributed by atoms with Crippen molar-refractivity contribution in [2.24, 2.45) is 11.8 Å². The maximum atomic E-state index is 11.9. The van der Waals surface area contributed by atoms with Crippen molar-refractivity contribution in [1.29, 1.82) is 0 Å². The van der Waals surface area contributed by atoms with Crippen molar-refractivity contribution in [3.05, 3.63) is 23.3 Å². The van der Waals surface area contributed by atoms with E-state index in [9.17, 15) is 4.79 Å². The Kier molecular flexibility index (Phi) is 6.41. The van der Waals surface area contributed by atoms with Gasteiger partial charge in [-0.2, -0.15) is 11.8 Å². The second kappa shape index (κ2) is 8.11. The second-order valence-corrected chi connectivity index (χ2v) is 7.64. The number of carbonyl (C=O) groups excluding carboxylic acids is 1. The first-order valence-corrected chi connectivity index (χ1v) is 9.60. The number of hydrogen-bond acceptors (Lipinski definition) is 5. The number of amides is 1. The van der Waals surface area contributed by atoms with Gasteiger partial charge >= 0.3 is 0 Å². The van der Waals surface area contributed by atoms with Gasteiger partial charge in [-0.25, -0.2) is 9.97 Å². The molecule has 1 N–H and O–H groups in total. The Bertz CT molecular complexity index is 529. The molecule has 0 spiro atoms. The third kappa shape index (κ3) is 5.18. The third-order valence-electron chi connectivity index (χ3n) is 4.31. The van der Waals surface area contributed by atoms with Crippen LogP contribution in [-0.4, -0.2) is 51.9 Å². The zero-order valence-corrected chi connectivity index (χ0v) is 15.6. The highest BCUT2D eigenvalue weighted by Gasteiger charge is 2.35. The SMILES string of the molecule is CSCC(=O)N[C@H]1CN(Cc2nc(C)cc(C)n2)C[C@@H]1C(C)C. The number of thioether (sulfide) groups is 1. The fraction of sp³-hybridized carbons (Fsp3) is 0.706. The predicted molar refractivity (Wildman–Crippen MR) is 95.4 cm³/mol. The van der Waals surface area contributed by atoms with Crippen LogP contribution in [0.2, 0.25) is 0 Å². The summed E-state index contributed by atoms with van der Waals surface area (Å²) < 4.78 is 0. The smallest absolute Gasteiger partial charge is 0.230 e. The minimum Gasteiger partial charge on any atom is -0.351 e. The summed E-state index contributed by atoms with van der Waals surface area (Å²) in [4.78, 5) is 23.4. The lowest BCUT2D eigenvalue weighted by Crippen LogP contribution is -2.42. The van der Waals surface area contributed by atoms with Crippen molar-refractivity contribution in [2.75, 3.05) is 25.1 Å². The van der Waals surface area contributed by atoms with Gasteiger partial charge in [0.1, 0.15) is 5.82 Å². The van der Waals surface area contributed by atoms with Gasteiger partial charge < -0.3 is 5.32 Å². The van der Waals surface area contributed by atoms with Crippen LogP contribution in [0.25, 0.3) is 0 Å². The summed E-state index contributed by atoms with van der Waals surface area (Å²) in [6, 6.07) is 2.22. The van der Waals surface area contributed by atoms with Gasteiger partial charge in [-0.3, -0.25) is 9.69 Å². The van der Waals surface area contributed by atoms with Crippen LogP contribution in [0.15, 0.2) is 6.07 Å². The minimum absolute atomic E-state index is 0.137. The highest BCUT2D eigenvalue weighted by Crippen LogP contribution is 2.25. The van der Waals surface area contributed by atoms with Crippen LogP contribution < -0.4 is 5.32 Å². The van der Waals surface area contributed by atoms with Crippen LogP contribution in [-0.2, 0) is 11.3 Å². The molecular formula is C17H28N4OS. The van der Waals surface area contributed by atoms with E-state index in [-0.39, 0.29) is 11.9 Å². The Hall–Kier alpha value is -1.14. The number of aryl methyl sites for hydroxylation is 2. The van der Waals surface area contributed by atoms with Crippen molar-refractivity contribution >= 4 is 17.7 Å². The van der Waals surface area contributed by atoms with Crippen molar-refractivity contribution in [3.63, 3.8) is 0 Å². The Morgan fingerprint density at radius 3 is 2.57 bits per heavy atom. The highest BCUT2D eigenvalue weighted by molar-refractivity contribution is 7.99. The Labute approximate surface area is 143 Å². The lowest BCUT2D eigenvalue weighted by Gasteiger charge is -2.22. The zero-order valence-electron chi connectivity index (χ0n) is 14.8. The fourth-order valence-electron chi connectivity index (χ4n) is 3.32. The van der Waals surface area contributed by atoms with Crippen molar-refractivity contribution in [2.45, 2.75) is 40.3 Å². The quantitative estimate of drug-likeness (QED) is 0.861. The molecule has 23 heavy (non-hydrogen) atoms. The summed E-state index contributed by atoms with van der Waals surface area (Å²) in [7, 11) is 0. The maximum absolute atomic E-state index is 11.9. The maximum Gasteiger partial charge on any atom is 0.230 e. The molecule has 1 aliphatic heterocycles. The molecule has 0 radical (unpaired) electrons. The molecule has 1 saturated heterocycles. The number of nitrogens with zero attached hydrogens (tertiary/aromatic N) is 3. The van der Waals surface area contributed by atoms with E-state index in [0.29, 0.717) is 17.6 Å². The molecule has 1 amide bonds. The Balaban J connectivity index is 2.02. The number of likely N-dealkylation sites (tertiary alicyclic amines) is 1. The Morgan fingerprint density at radius 2 is 2.00 bits per heavy atom. The molecule has 5 nitrogen and oxygen atoms in total. The third-order valence-corrected chi connectivity index (χ3v) is 4.86. The molecule has 0 aromatic carbocycles. The Morgan fingerprint density at radius 1 is 1.35 bits per heavy atom. The largest absolute Gasteiger partial charge is 0.351 e. The number of carbonyl (C=O) groups is 1. The van der Waals surface area contributed by atoms with E-state index >= 15 is 0 Å². The molecule has 1 fully saturated rings. The van der Waals surface area contributed by atoms with Gasteiger partial charge in [0.05, 0.1) is 12.3 Å². The van der Waals surface area contributed by atoms with Gasteiger partial charge in [0.2, 0.25) is 5.91 Å². The molecule has 128 valence electrons. The molecular weight excluding hydrogens is 308 g/mol. The minimum atomic E-state index is 0.137. The van der Waals surface area contributed by atoms with E-state index < -0.39 is 0 Å². The summed E-state index contributed by atoms with van der Waals surface area (Å²) in [6.07, 6.45) is 1.96. The normalized spacial score (nSPS) is 21.8. The van der Waals surface area contributed by atoms with E-state index in [1.54, 1.807) is 11.8 Å². The monoisotopic (exact) mass is 336 g/mol. The molecule has 0 saturated carbocycles. The molecule has 2 heterocycles. The number of rotatable bonds is 6. The van der Waals surface area contributed by atoms with Gasteiger partial charge in [0.15, 0.2) is 0 Å². The van der Waals surface area contributed by atoms with Gasteiger partial charge in [0.25, 0.3) is 0 Å². The number of nitrogens with one attached hydrogen (secondary N) is 1. The molecule has 1 aromatic heterocycles. The molecule has 0 aliphatic carbocycles. The summed E-state index contributed by atoms with van der Waals surface area (Å²) in [6.45, 7) is 11.1. The van der Waals surface area contributed by atoms with Crippen LogP contribution in [0.4, 0.5) is 0 Å². The molecule has 0 bridgehead atoms. The zero-order chi connectivity index (χ0) is 17.0. The van der Waals surface area contributed by atoms with Gasteiger partial charge in [-0.15, -0.1) is 0 Å². The van der Waals surface area contributed by atoms with E-state index in [1.165, 1.54) is 0 Å². The molecule has 0 unspecified atom stereocenters. The van der Waals surface area contributed by atoms with Crippen LogP contribution in [0, 0.1) is 25.7 Å². The molecule has 2 rings (SSSR count). The van der Waals surface area contributed by atoms with Gasteiger partial charge in [0, 0.05) is 30.5 Å². The molecule has 1 aromatic rings. The lowest BCUT2D eigenvalue weighted by atomic mass is 9.91. The van der Waals surface area contributed by atoms with Crippen LogP contribution in [0.1, 0.15) is 31.1 Å². The average Bonchev–Trinajstić information content (AvgIpc) is 2.80. The van der Waals surface area contributed by atoms with Crippen molar-refractivity contribution in [3.8, 4) is 0 Å². The lowest BCUT2D eigenvalue weighted by molar-refractivity contribution is -0.119. The van der Waals surface area contributed by atoms with Crippen LogP contribution in [0.3, 0.4) is 0 Å². The standard InChI is InChI=1S/C17H28N4OS/c1-11(2)14-7-21(8-15(14)20-17(22)10-23-5)9-16-18-12(3)6-13(4)19-16/h6,11,14-15H,7-10H2,1-5H3,(H,20,22)/t14-,15+/m1/s1. The van der Waals surface area contributed by atoms with Crippen LogP contribution in [0.5, 0.6) is 0 Å². The van der Waals surface area contributed by atoms with E-state index in [1.807, 2.05) is 26.2 Å². The first kappa shape index (κ1) is 18.2. The first-order valence-electron chi connectivity index (χ1n) is 8.21. The van der Waals surface area contributed by atoms with Gasteiger partial charge in [-0.1, -0.05) is 13.8 Å². The highest BCUT2D eigenvalue weighted by atomic mass is 32.2. The first-order chi connectivity index (χ1) is 10.9. The summed E-state index contributed by atoms with van der Waals surface area (Å²) >= 11 is 1.56.